The zero-order valence-corrected chi connectivity index (χ0v) is 17.6. The molecule has 0 unspecified atom stereocenters. The molecule has 0 aromatic carbocycles. The van der Waals surface area contributed by atoms with Gasteiger partial charge < -0.3 is 9.16 Å². The summed E-state index contributed by atoms with van der Waals surface area (Å²) < 4.78 is 11.7. The van der Waals surface area contributed by atoms with Crippen molar-refractivity contribution in [3.8, 4) is 0 Å². The van der Waals surface area contributed by atoms with Crippen LogP contribution in [0.3, 0.4) is 0 Å². The lowest BCUT2D eigenvalue weighted by molar-refractivity contribution is -0.160. The molecule has 1 aromatic heterocycles. The molecule has 0 N–H and O–H groups in total. The highest BCUT2D eigenvalue weighted by Gasteiger charge is 2.55. The van der Waals surface area contributed by atoms with Crippen LogP contribution in [0, 0.1) is 5.92 Å². The molecule has 1 aromatic rings. The highest BCUT2D eigenvalue weighted by atomic mass is 32.1. The van der Waals surface area contributed by atoms with Crippen molar-refractivity contribution in [1.29, 1.82) is 0 Å². The molecule has 0 radical (unpaired) electrons. The Kier molecular flexibility index (Phi) is 6.82. The van der Waals surface area contributed by atoms with Gasteiger partial charge in [0, 0.05) is 4.88 Å². The number of amides is 2. The first-order valence-electron chi connectivity index (χ1n) is 9.10. The smallest absolute Gasteiger partial charge is 0.417 e. The molecule has 1 fully saturated rings. The number of carbonyl (C=O) groups is 2. The lowest BCUT2D eigenvalue weighted by atomic mass is 9.97. The highest BCUT2D eigenvalue weighted by Crippen LogP contribution is 2.42. The fourth-order valence-electron chi connectivity index (χ4n) is 3.09. The van der Waals surface area contributed by atoms with Crippen molar-refractivity contribution in [2.75, 3.05) is 6.61 Å². The third-order valence-electron chi connectivity index (χ3n) is 4.93. The van der Waals surface area contributed by atoms with E-state index in [2.05, 4.69) is 20.8 Å². The molecule has 0 aliphatic carbocycles. The van der Waals surface area contributed by atoms with Crippen LogP contribution in [-0.2, 0) is 14.0 Å². The zero-order valence-electron chi connectivity index (χ0n) is 15.8. The summed E-state index contributed by atoms with van der Waals surface area (Å²) in [6, 6.07) is 6.44. The van der Waals surface area contributed by atoms with Gasteiger partial charge in [-0.2, -0.15) is 0 Å². The molecule has 2 rings (SSSR count). The van der Waals surface area contributed by atoms with E-state index in [0.29, 0.717) is 6.61 Å². The molecule has 0 bridgehead atoms. The van der Waals surface area contributed by atoms with Gasteiger partial charge in [0.25, 0.3) is 5.91 Å². The van der Waals surface area contributed by atoms with Gasteiger partial charge in [-0.25, -0.2) is 9.69 Å². The van der Waals surface area contributed by atoms with E-state index in [1.807, 2.05) is 31.4 Å². The maximum Gasteiger partial charge on any atom is 0.417 e. The summed E-state index contributed by atoms with van der Waals surface area (Å²) in [6.45, 7) is 10.7. The van der Waals surface area contributed by atoms with E-state index in [9.17, 15) is 9.59 Å². The number of rotatable bonds is 8. The molecule has 2 amide bonds. The number of β-lactam (4-membered cyclic amide) rings is 1. The molecule has 7 heteroatoms. The van der Waals surface area contributed by atoms with E-state index < -0.39 is 20.5 Å². The van der Waals surface area contributed by atoms with Crippen molar-refractivity contribution >= 4 is 31.7 Å². The molecule has 25 heavy (non-hydrogen) atoms. The van der Waals surface area contributed by atoms with Gasteiger partial charge in [-0.05, 0) is 35.5 Å². The molecule has 0 saturated carbocycles. The lowest BCUT2D eigenvalue weighted by Gasteiger charge is -2.47. The number of carbonyl (C=O) groups excluding carboxylic acids is 2. The average Bonchev–Trinajstić information content (AvgIpc) is 3.12. The minimum absolute atomic E-state index is 0.230. The van der Waals surface area contributed by atoms with E-state index in [1.54, 1.807) is 11.3 Å². The van der Waals surface area contributed by atoms with Gasteiger partial charge >= 0.3 is 6.09 Å². The Morgan fingerprint density at radius 1 is 1.28 bits per heavy atom. The normalized spacial score (nSPS) is 20.7. The summed E-state index contributed by atoms with van der Waals surface area (Å²) in [5.41, 5.74) is 0. The van der Waals surface area contributed by atoms with Crippen molar-refractivity contribution in [2.24, 2.45) is 5.92 Å². The molecule has 0 spiro atoms. The summed E-state index contributed by atoms with van der Waals surface area (Å²) in [6.07, 6.45) is -1.12. The van der Waals surface area contributed by atoms with Gasteiger partial charge in [-0.3, -0.25) is 4.79 Å². The predicted octanol–water partition coefficient (Wildman–Crippen LogP) is 4.81. The van der Waals surface area contributed by atoms with Crippen LogP contribution in [0.1, 0.15) is 45.5 Å². The highest BCUT2D eigenvalue weighted by molar-refractivity contribution is 7.10. The largest absolute Gasteiger partial charge is 0.449 e. The number of hydrogen-bond acceptors (Lipinski definition) is 5. The van der Waals surface area contributed by atoms with Gasteiger partial charge in [-0.15, -0.1) is 11.3 Å². The van der Waals surface area contributed by atoms with Crippen molar-refractivity contribution in [3.05, 3.63) is 22.4 Å². The topological polar surface area (TPSA) is 55.8 Å². The Hall–Kier alpha value is -1.18. The van der Waals surface area contributed by atoms with Crippen molar-refractivity contribution in [2.45, 2.75) is 64.9 Å². The Labute approximate surface area is 155 Å². The Morgan fingerprint density at radius 3 is 2.40 bits per heavy atom. The fraction of sp³-hybridized carbons (Fsp3) is 0.667. The van der Waals surface area contributed by atoms with Crippen LogP contribution in [0.5, 0.6) is 0 Å². The second kappa shape index (κ2) is 8.47. The minimum Gasteiger partial charge on any atom is -0.449 e. The molecule has 1 aliphatic heterocycles. The maximum atomic E-state index is 12.7. The van der Waals surface area contributed by atoms with Crippen LogP contribution in [-0.4, -0.2) is 37.9 Å². The summed E-state index contributed by atoms with van der Waals surface area (Å²) in [7, 11) is -1.94. The van der Waals surface area contributed by atoms with Crippen LogP contribution < -0.4 is 0 Å². The van der Waals surface area contributed by atoms with Crippen LogP contribution >= 0.6 is 11.3 Å². The number of hydrogen-bond donors (Lipinski definition) is 0. The molecular formula is C18H29NO4SSi. The van der Waals surface area contributed by atoms with Gasteiger partial charge in [0.15, 0.2) is 14.4 Å². The first kappa shape index (κ1) is 20.1. The van der Waals surface area contributed by atoms with E-state index >= 15 is 0 Å². The predicted molar refractivity (Wildman–Crippen MR) is 102 cm³/mol. The first-order valence-corrected chi connectivity index (χ1v) is 12.5. The molecular weight excluding hydrogens is 354 g/mol. The lowest BCUT2D eigenvalue weighted by Crippen LogP contribution is -2.64. The Balaban J connectivity index is 2.21. The second-order valence-electron chi connectivity index (χ2n) is 6.92. The monoisotopic (exact) mass is 383 g/mol. The van der Waals surface area contributed by atoms with Crippen LogP contribution in [0.4, 0.5) is 4.79 Å². The van der Waals surface area contributed by atoms with E-state index in [-0.39, 0.29) is 17.9 Å². The summed E-state index contributed by atoms with van der Waals surface area (Å²) in [5, 5.41) is 1.96. The Bertz CT molecular complexity index is 578. The standard InChI is InChI=1S/C18H29NO4SSi/c1-6-25(7-2,8-3)23-16-15(14-10-9-11-24-14)19(17(16)20)18(21)22-12-13(4)5/h9-11,13,15-16H,6-8,12H2,1-5H3/t15-,16+/m0/s1. The third kappa shape index (κ3) is 4.15. The fourth-order valence-corrected chi connectivity index (χ4v) is 6.70. The molecule has 5 nitrogen and oxygen atoms in total. The first-order chi connectivity index (χ1) is 11.9. The number of thiophene rings is 1. The molecule has 2 atom stereocenters. The minimum atomic E-state index is -1.94. The maximum absolute atomic E-state index is 12.7. The van der Waals surface area contributed by atoms with Gasteiger partial charge in [-0.1, -0.05) is 40.7 Å². The number of likely N-dealkylation sites (tertiary alicyclic amines) is 1. The van der Waals surface area contributed by atoms with Gasteiger partial charge in [0.1, 0.15) is 6.04 Å². The second-order valence-corrected chi connectivity index (χ2v) is 12.6. The summed E-state index contributed by atoms with van der Waals surface area (Å²) in [5.74, 6) is -0.0349. The van der Waals surface area contributed by atoms with Crippen molar-refractivity contribution in [3.63, 3.8) is 0 Å². The molecule has 140 valence electrons. The van der Waals surface area contributed by atoms with E-state index in [1.165, 1.54) is 4.90 Å². The third-order valence-corrected chi connectivity index (χ3v) is 10.5. The summed E-state index contributed by atoms with van der Waals surface area (Å²) in [4.78, 5) is 27.3. The SMILES string of the molecule is CC[Si](CC)(CC)O[C@H]1C(=O)N(C(=O)OCC(C)C)[C@H]1c1cccs1. The van der Waals surface area contributed by atoms with Gasteiger partial charge in [0.05, 0.1) is 6.61 Å². The number of nitrogens with zero attached hydrogens (tertiary/aromatic N) is 1. The van der Waals surface area contributed by atoms with Crippen molar-refractivity contribution < 1.29 is 18.8 Å². The average molecular weight is 384 g/mol. The molecule has 1 saturated heterocycles. The number of ether oxygens (including phenoxy) is 1. The molecule has 2 heterocycles. The van der Waals surface area contributed by atoms with Crippen molar-refractivity contribution in [1.82, 2.24) is 4.90 Å². The van der Waals surface area contributed by atoms with Crippen LogP contribution in [0.25, 0.3) is 0 Å². The molecule has 1 aliphatic rings. The number of imide groups is 1. The zero-order chi connectivity index (χ0) is 18.6. The van der Waals surface area contributed by atoms with Crippen LogP contribution in [0.15, 0.2) is 17.5 Å². The van der Waals surface area contributed by atoms with E-state index in [4.69, 9.17) is 9.16 Å². The Morgan fingerprint density at radius 2 is 1.92 bits per heavy atom. The quantitative estimate of drug-likeness (QED) is 0.477. The van der Waals surface area contributed by atoms with Crippen LogP contribution in [0.2, 0.25) is 18.1 Å². The van der Waals surface area contributed by atoms with Gasteiger partial charge in [0.2, 0.25) is 0 Å². The van der Waals surface area contributed by atoms with E-state index in [0.717, 1.165) is 23.0 Å². The summed E-state index contributed by atoms with van der Waals surface area (Å²) >= 11 is 1.54.